The minimum absolute atomic E-state index is 0.0481. The molecule has 10 heteroatoms. The van der Waals surface area contributed by atoms with E-state index in [1.165, 1.54) is 0 Å². The van der Waals surface area contributed by atoms with Gasteiger partial charge < -0.3 is 14.7 Å². The lowest BCUT2D eigenvalue weighted by atomic mass is 10.2. The normalized spacial score (nSPS) is 18.1. The smallest absolute Gasteiger partial charge is 0.356 e. The van der Waals surface area contributed by atoms with Crippen molar-refractivity contribution in [3.8, 4) is 0 Å². The van der Waals surface area contributed by atoms with E-state index in [4.69, 9.17) is 0 Å². The summed E-state index contributed by atoms with van der Waals surface area (Å²) in [6.07, 6.45) is -0.0669. The van der Waals surface area contributed by atoms with Crippen LogP contribution in [0.2, 0.25) is 0 Å². The molecule has 4 heterocycles. The predicted octanol–water partition coefficient (Wildman–Crippen LogP) is 2.96. The molecule has 150 valence electrons. The Balaban J connectivity index is 1.43. The molecule has 0 aromatic carbocycles. The van der Waals surface area contributed by atoms with E-state index in [0.717, 1.165) is 37.6 Å². The van der Waals surface area contributed by atoms with Crippen molar-refractivity contribution in [2.45, 2.75) is 19.0 Å². The van der Waals surface area contributed by atoms with Gasteiger partial charge in [-0.25, -0.2) is 19.3 Å². The molecule has 2 aliphatic heterocycles. The molecule has 0 radical (unpaired) electrons. The van der Waals surface area contributed by atoms with Crippen LogP contribution in [0.1, 0.15) is 18.4 Å². The van der Waals surface area contributed by atoms with Crippen molar-refractivity contribution in [2.75, 3.05) is 54.0 Å². The van der Waals surface area contributed by atoms with Crippen LogP contribution in [0.5, 0.6) is 0 Å². The van der Waals surface area contributed by atoms with Gasteiger partial charge in [-0.3, -0.25) is 0 Å². The number of rotatable bonds is 3. The quantitative estimate of drug-likeness (QED) is 0.744. The van der Waals surface area contributed by atoms with Gasteiger partial charge in [0.25, 0.3) is 0 Å². The Morgan fingerprint density at radius 3 is 1.89 bits per heavy atom. The summed E-state index contributed by atoms with van der Waals surface area (Å²) in [6.45, 7) is 4.00. The lowest BCUT2D eigenvalue weighted by Crippen LogP contribution is -2.47. The molecule has 0 aliphatic carbocycles. The molecule has 2 aromatic rings. The van der Waals surface area contributed by atoms with Crippen molar-refractivity contribution in [3.63, 3.8) is 0 Å². The van der Waals surface area contributed by atoms with E-state index in [-0.39, 0.29) is 5.82 Å². The molecular formula is C18H20F4N6. The van der Waals surface area contributed by atoms with Crippen LogP contribution in [0.15, 0.2) is 24.7 Å². The second-order valence-corrected chi connectivity index (χ2v) is 6.93. The molecule has 0 N–H and O–H groups in total. The van der Waals surface area contributed by atoms with E-state index >= 15 is 0 Å². The zero-order valence-electron chi connectivity index (χ0n) is 15.2. The summed E-state index contributed by atoms with van der Waals surface area (Å²) in [4.78, 5) is 18.4. The molecule has 0 unspecified atom stereocenters. The maximum absolute atomic E-state index is 14.2. The number of hydrogen-bond donors (Lipinski definition) is 0. The maximum Gasteiger partial charge on any atom is 0.417 e. The molecule has 6 nitrogen and oxygen atoms in total. The molecule has 2 aliphatic rings. The average molecular weight is 396 g/mol. The first kappa shape index (κ1) is 18.7. The van der Waals surface area contributed by atoms with E-state index in [1.807, 2.05) is 6.07 Å². The Kier molecular flexibility index (Phi) is 4.94. The van der Waals surface area contributed by atoms with Gasteiger partial charge in [-0.1, -0.05) is 0 Å². The standard InChI is InChI=1S/C18H20F4N6/c19-14-9-13(18(20,21)22)11-23-17(14)28-7-5-27(6-8-28)16-10-15(24-12-25-16)26-3-1-2-4-26/h9-12H,1-8H2. The fraction of sp³-hybridized carbons (Fsp3) is 0.500. The van der Waals surface area contributed by atoms with Crippen LogP contribution in [0.25, 0.3) is 0 Å². The van der Waals surface area contributed by atoms with Gasteiger partial charge in [-0.15, -0.1) is 0 Å². The first-order valence-corrected chi connectivity index (χ1v) is 9.21. The third-order valence-corrected chi connectivity index (χ3v) is 5.12. The molecule has 0 saturated carbocycles. The summed E-state index contributed by atoms with van der Waals surface area (Å²) in [5.74, 6) is 0.701. The number of anilines is 3. The number of aromatic nitrogens is 3. The van der Waals surface area contributed by atoms with E-state index < -0.39 is 17.6 Å². The summed E-state index contributed by atoms with van der Waals surface area (Å²) in [5, 5.41) is 0. The number of pyridine rings is 1. The fourth-order valence-corrected chi connectivity index (χ4v) is 3.60. The van der Waals surface area contributed by atoms with Gasteiger partial charge in [0, 0.05) is 51.5 Å². The zero-order valence-corrected chi connectivity index (χ0v) is 15.2. The summed E-state index contributed by atoms with van der Waals surface area (Å²) in [7, 11) is 0. The molecule has 2 aromatic heterocycles. The van der Waals surface area contributed by atoms with Crippen LogP contribution in [-0.2, 0) is 6.18 Å². The SMILES string of the molecule is Fc1cc(C(F)(F)F)cnc1N1CCN(c2cc(N3CCCC3)ncn2)CC1. The molecule has 28 heavy (non-hydrogen) atoms. The van der Waals surface area contributed by atoms with Crippen LogP contribution in [0.4, 0.5) is 35.0 Å². The van der Waals surface area contributed by atoms with E-state index in [2.05, 4.69) is 24.8 Å². The highest BCUT2D eigenvalue weighted by Gasteiger charge is 2.32. The van der Waals surface area contributed by atoms with Crippen molar-refractivity contribution < 1.29 is 17.6 Å². The predicted molar refractivity (Wildman–Crippen MR) is 97.1 cm³/mol. The van der Waals surface area contributed by atoms with Crippen LogP contribution in [0.3, 0.4) is 0 Å². The Hall–Kier alpha value is -2.65. The second kappa shape index (κ2) is 7.40. The van der Waals surface area contributed by atoms with E-state index in [1.54, 1.807) is 11.2 Å². The van der Waals surface area contributed by atoms with Crippen molar-refractivity contribution in [1.82, 2.24) is 15.0 Å². The van der Waals surface area contributed by atoms with Gasteiger partial charge in [0.15, 0.2) is 11.6 Å². The van der Waals surface area contributed by atoms with E-state index in [9.17, 15) is 17.6 Å². The van der Waals surface area contributed by atoms with Gasteiger partial charge in [-0.05, 0) is 18.9 Å². The monoisotopic (exact) mass is 396 g/mol. The van der Waals surface area contributed by atoms with Gasteiger partial charge in [0.1, 0.15) is 18.0 Å². The number of alkyl halides is 3. The van der Waals surface area contributed by atoms with Crippen LogP contribution in [-0.4, -0.2) is 54.2 Å². The topological polar surface area (TPSA) is 48.4 Å². The first-order chi connectivity index (χ1) is 13.4. The highest BCUT2D eigenvalue weighted by Crippen LogP contribution is 2.31. The zero-order chi connectivity index (χ0) is 19.7. The first-order valence-electron chi connectivity index (χ1n) is 9.21. The molecule has 4 rings (SSSR count). The van der Waals surface area contributed by atoms with E-state index in [0.29, 0.717) is 38.4 Å². The van der Waals surface area contributed by atoms with Gasteiger partial charge >= 0.3 is 6.18 Å². The molecular weight excluding hydrogens is 376 g/mol. The lowest BCUT2D eigenvalue weighted by molar-refractivity contribution is -0.138. The summed E-state index contributed by atoms with van der Waals surface area (Å²) in [6, 6.07) is 2.46. The van der Waals surface area contributed by atoms with Gasteiger partial charge in [0.2, 0.25) is 0 Å². The molecule has 0 spiro atoms. The largest absolute Gasteiger partial charge is 0.417 e. The van der Waals surface area contributed by atoms with Crippen LogP contribution in [0, 0.1) is 5.82 Å². The van der Waals surface area contributed by atoms with Crippen LogP contribution >= 0.6 is 0 Å². The Bertz CT molecular complexity index is 829. The Morgan fingerprint density at radius 2 is 1.32 bits per heavy atom. The third-order valence-electron chi connectivity index (χ3n) is 5.12. The van der Waals surface area contributed by atoms with Crippen molar-refractivity contribution in [2.24, 2.45) is 0 Å². The summed E-state index contributed by atoms with van der Waals surface area (Å²) < 4.78 is 52.2. The molecule has 2 fully saturated rings. The molecule has 0 amide bonds. The molecule has 0 bridgehead atoms. The lowest BCUT2D eigenvalue weighted by Gasteiger charge is -2.36. The Morgan fingerprint density at radius 1 is 0.750 bits per heavy atom. The third kappa shape index (κ3) is 3.81. The second-order valence-electron chi connectivity index (χ2n) is 6.93. The summed E-state index contributed by atoms with van der Waals surface area (Å²) >= 11 is 0. The average Bonchev–Trinajstić information content (AvgIpc) is 3.22. The van der Waals surface area contributed by atoms with Crippen molar-refractivity contribution in [3.05, 3.63) is 36.0 Å². The van der Waals surface area contributed by atoms with Crippen molar-refractivity contribution in [1.29, 1.82) is 0 Å². The Labute approximate surface area is 159 Å². The van der Waals surface area contributed by atoms with Gasteiger partial charge in [0.05, 0.1) is 5.56 Å². The number of hydrogen-bond acceptors (Lipinski definition) is 6. The number of nitrogens with zero attached hydrogens (tertiary/aromatic N) is 6. The maximum atomic E-state index is 14.2. The highest BCUT2D eigenvalue weighted by molar-refractivity contribution is 5.52. The minimum Gasteiger partial charge on any atom is -0.356 e. The van der Waals surface area contributed by atoms with Gasteiger partial charge in [-0.2, -0.15) is 13.2 Å². The fourth-order valence-electron chi connectivity index (χ4n) is 3.60. The number of piperazine rings is 1. The van der Waals surface area contributed by atoms with Crippen LogP contribution < -0.4 is 14.7 Å². The minimum atomic E-state index is -4.61. The number of halogens is 4. The molecule has 0 atom stereocenters. The summed E-state index contributed by atoms with van der Waals surface area (Å²) in [5.41, 5.74) is -1.08. The highest BCUT2D eigenvalue weighted by atomic mass is 19.4. The van der Waals surface area contributed by atoms with Crippen molar-refractivity contribution >= 4 is 17.5 Å². The molecule has 2 saturated heterocycles.